The Bertz CT molecular complexity index is 644. The van der Waals surface area contributed by atoms with Crippen molar-refractivity contribution in [3.05, 3.63) is 35.4 Å². The van der Waals surface area contributed by atoms with Crippen LogP contribution in [0.25, 0.3) is 0 Å². The maximum absolute atomic E-state index is 12.6. The quantitative estimate of drug-likeness (QED) is 0.932. The summed E-state index contributed by atoms with van der Waals surface area (Å²) in [4.78, 5) is 11.8. The Kier molecular flexibility index (Phi) is 4.01. The molecule has 0 bridgehead atoms. The average Bonchev–Trinajstić information content (AvgIpc) is 3.00. The van der Waals surface area contributed by atoms with Crippen LogP contribution in [0.3, 0.4) is 0 Å². The highest BCUT2D eigenvalue weighted by Crippen LogP contribution is 2.29. The molecule has 0 aliphatic heterocycles. The lowest BCUT2D eigenvalue weighted by Gasteiger charge is -2.05. The van der Waals surface area contributed by atoms with Gasteiger partial charge in [-0.3, -0.25) is 14.2 Å². The number of hydrogen-bond donors (Lipinski definition) is 1. The van der Waals surface area contributed by atoms with Gasteiger partial charge in [0.05, 0.1) is 12.2 Å². The molecule has 0 aliphatic rings. The van der Waals surface area contributed by atoms with E-state index >= 15 is 0 Å². The van der Waals surface area contributed by atoms with Crippen LogP contribution >= 0.6 is 0 Å². The van der Waals surface area contributed by atoms with Crippen LogP contribution in [0.2, 0.25) is 0 Å². The Morgan fingerprint density at radius 2 is 2.14 bits per heavy atom. The zero-order valence-electron chi connectivity index (χ0n) is 11.5. The summed E-state index contributed by atoms with van der Waals surface area (Å²) in [6.07, 6.45) is -2.95. The molecule has 2 heterocycles. The summed E-state index contributed by atoms with van der Waals surface area (Å²) in [5.41, 5.74) is -0.475. The highest BCUT2D eigenvalue weighted by Gasteiger charge is 2.35. The van der Waals surface area contributed by atoms with Gasteiger partial charge in [0, 0.05) is 25.9 Å². The standard InChI is InChI=1S/C12H14F3N5O/c1-3-20-8(4-5-17-20)7-16-11(21)9-6-10(12(13,14)15)19(2)18-9/h4-6H,3,7H2,1-2H3,(H,16,21). The lowest BCUT2D eigenvalue weighted by molar-refractivity contribution is -0.143. The van der Waals surface area contributed by atoms with Crippen molar-refractivity contribution in [3.63, 3.8) is 0 Å². The average molecular weight is 301 g/mol. The normalized spacial score (nSPS) is 11.7. The molecule has 21 heavy (non-hydrogen) atoms. The molecule has 2 rings (SSSR count). The van der Waals surface area contributed by atoms with Gasteiger partial charge in [0.25, 0.3) is 5.91 Å². The van der Waals surface area contributed by atoms with Crippen molar-refractivity contribution in [3.8, 4) is 0 Å². The van der Waals surface area contributed by atoms with Gasteiger partial charge in [0.2, 0.25) is 0 Å². The van der Waals surface area contributed by atoms with Crippen LogP contribution in [0.15, 0.2) is 18.3 Å². The van der Waals surface area contributed by atoms with Gasteiger partial charge in [-0.15, -0.1) is 0 Å². The van der Waals surface area contributed by atoms with Crippen molar-refractivity contribution in [2.45, 2.75) is 26.2 Å². The molecule has 0 radical (unpaired) electrons. The molecule has 0 fully saturated rings. The number of amides is 1. The number of hydrogen-bond acceptors (Lipinski definition) is 3. The first-order chi connectivity index (χ1) is 9.82. The van der Waals surface area contributed by atoms with Crippen molar-refractivity contribution < 1.29 is 18.0 Å². The van der Waals surface area contributed by atoms with Gasteiger partial charge in [-0.25, -0.2) is 0 Å². The predicted molar refractivity (Wildman–Crippen MR) is 67.3 cm³/mol. The van der Waals surface area contributed by atoms with E-state index in [4.69, 9.17) is 0 Å². The van der Waals surface area contributed by atoms with Crippen LogP contribution in [0.5, 0.6) is 0 Å². The summed E-state index contributed by atoms with van der Waals surface area (Å²) in [5.74, 6) is -0.662. The van der Waals surface area contributed by atoms with Gasteiger partial charge in [-0.05, 0) is 13.0 Å². The largest absolute Gasteiger partial charge is 0.433 e. The number of nitrogens with one attached hydrogen (secondary N) is 1. The van der Waals surface area contributed by atoms with E-state index in [2.05, 4.69) is 15.5 Å². The fourth-order valence-corrected chi connectivity index (χ4v) is 1.90. The second kappa shape index (κ2) is 5.58. The van der Waals surface area contributed by atoms with Crippen LogP contribution in [-0.2, 0) is 26.3 Å². The molecule has 0 aromatic carbocycles. The van der Waals surface area contributed by atoms with Crippen molar-refractivity contribution >= 4 is 5.91 Å². The Morgan fingerprint density at radius 3 is 2.71 bits per heavy atom. The SMILES string of the molecule is CCn1nccc1CNC(=O)c1cc(C(F)(F)F)n(C)n1. The first kappa shape index (κ1) is 15.1. The fraction of sp³-hybridized carbons (Fsp3) is 0.417. The topological polar surface area (TPSA) is 64.7 Å². The van der Waals surface area contributed by atoms with Gasteiger partial charge in [0.1, 0.15) is 5.69 Å². The van der Waals surface area contributed by atoms with Gasteiger partial charge < -0.3 is 5.32 Å². The third-order valence-corrected chi connectivity index (χ3v) is 2.94. The summed E-state index contributed by atoms with van der Waals surface area (Å²) in [6.45, 7) is 2.71. The minimum absolute atomic E-state index is 0.171. The van der Waals surface area contributed by atoms with Crippen molar-refractivity contribution in [1.82, 2.24) is 24.9 Å². The summed E-state index contributed by atoms with van der Waals surface area (Å²) < 4.78 is 40.2. The maximum atomic E-state index is 12.6. The molecule has 6 nitrogen and oxygen atoms in total. The number of aromatic nitrogens is 4. The van der Waals surface area contributed by atoms with E-state index in [1.54, 1.807) is 16.9 Å². The number of nitrogens with zero attached hydrogens (tertiary/aromatic N) is 4. The minimum atomic E-state index is -4.54. The first-order valence-electron chi connectivity index (χ1n) is 6.23. The van der Waals surface area contributed by atoms with Gasteiger partial charge in [-0.1, -0.05) is 0 Å². The van der Waals surface area contributed by atoms with Crippen LogP contribution in [0.4, 0.5) is 13.2 Å². The highest BCUT2D eigenvalue weighted by atomic mass is 19.4. The van der Waals surface area contributed by atoms with Crippen molar-refractivity contribution in [2.24, 2.45) is 7.05 Å². The summed E-state index contributed by atoms with van der Waals surface area (Å²) in [5, 5.41) is 10.1. The fourth-order valence-electron chi connectivity index (χ4n) is 1.90. The second-order valence-corrected chi connectivity index (χ2v) is 4.36. The van der Waals surface area contributed by atoms with Crippen molar-refractivity contribution in [1.29, 1.82) is 0 Å². The molecular formula is C12H14F3N5O. The van der Waals surface area contributed by atoms with Gasteiger partial charge in [0.15, 0.2) is 5.69 Å². The molecule has 0 atom stereocenters. The van der Waals surface area contributed by atoms with E-state index in [0.29, 0.717) is 11.2 Å². The summed E-state index contributed by atoms with van der Waals surface area (Å²) in [7, 11) is 1.14. The third kappa shape index (κ3) is 3.23. The van der Waals surface area contributed by atoms with E-state index < -0.39 is 17.8 Å². The number of carbonyl (C=O) groups excluding carboxylic acids is 1. The molecule has 1 amide bonds. The summed E-state index contributed by atoms with van der Waals surface area (Å²) in [6, 6.07) is 2.45. The number of halogens is 3. The van der Waals surface area contributed by atoms with Crippen molar-refractivity contribution in [2.75, 3.05) is 0 Å². The van der Waals surface area contributed by atoms with Gasteiger partial charge >= 0.3 is 6.18 Å². The number of alkyl halides is 3. The Morgan fingerprint density at radius 1 is 1.43 bits per heavy atom. The molecule has 1 N–H and O–H groups in total. The van der Waals surface area contributed by atoms with Crippen LogP contribution < -0.4 is 5.32 Å². The van der Waals surface area contributed by atoms with Gasteiger partial charge in [-0.2, -0.15) is 23.4 Å². The number of aryl methyl sites for hydroxylation is 2. The van der Waals surface area contributed by atoms with E-state index in [-0.39, 0.29) is 12.2 Å². The Hall–Kier alpha value is -2.32. The molecular weight excluding hydrogens is 287 g/mol. The molecule has 0 aliphatic carbocycles. The molecule has 0 unspecified atom stereocenters. The second-order valence-electron chi connectivity index (χ2n) is 4.36. The zero-order chi connectivity index (χ0) is 15.6. The Labute approximate surface area is 118 Å². The predicted octanol–water partition coefficient (Wildman–Crippen LogP) is 1.59. The molecule has 2 aromatic rings. The third-order valence-electron chi connectivity index (χ3n) is 2.94. The lowest BCUT2D eigenvalue weighted by Crippen LogP contribution is -2.24. The Balaban J connectivity index is 2.08. The molecule has 9 heteroatoms. The van der Waals surface area contributed by atoms with Crippen LogP contribution in [0, 0.1) is 0 Å². The smallest absolute Gasteiger partial charge is 0.345 e. The molecule has 0 saturated carbocycles. The monoisotopic (exact) mass is 301 g/mol. The van der Waals surface area contributed by atoms with E-state index in [1.807, 2.05) is 6.92 Å². The minimum Gasteiger partial charge on any atom is -0.345 e. The lowest BCUT2D eigenvalue weighted by atomic mass is 10.3. The maximum Gasteiger partial charge on any atom is 0.433 e. The number of rotatable bonds is 4. The first-order valence-corrected chi connectivity index (χ1v) is 6.23. The van der Waals surface area contributed by atoms with E-state index in [0.717, 1.165) is 18.8 Å². The van der Waals surface area contributed by atoms with Crippen LogP contribution in [0.1, 0.15) is 28.8 Å². The zero-order valence-corrected chi connectivity index (χ0v) is 11.5. The summed E-state index contributed by atoms with van der Waals surface area (Å²) >= 11 is 0. The van der Waals surface area contributed by atoms with E-state index in [9.17, 15) is 18.0 Å². The van der Waals surface area contributed by atoms with Crippen LogP contribution in [-0.4, -0.2) is 25.5 Å². The molecule has 0 spiro atoms. The van der Waals surface area contributed by atoms with E-state index in [1.165, 1.54) is 0 Å². The number of carbonyl (C=O) groups is 1. The highest BCUT2D eigenvalue weighted by molar-refractivity contribution is 5.92. The molecule has 114 valence electrons. The molecule has 0 saturated heterocycles. The molecule has 2 aromatic heterocycles.